The monoisotopic (exact) mass is 573 g/mol. The van der Waals surface area contributed by atoms with Crippen molar-refractivity contribution in [2.24, 2.45) is 38.7 Å². The van der Waals surface area contributed by atoms with Crippen LogP contribution in [0.5, 0.6) is 0 Å². The third-order valence-corrected chi connectivity index (χ3v) is 6.04. The summed E-state index contributed by atoms with van der Waals surface area (Å²) < 4.78 is 0. The number of benzene rings is 1. The van der Waals surface area contributed by atoms with Gasteiger partial charge in [0.05, 0.1) is 12.6 Å². The average Bonchev–Trinajstić information content (AvgIpc) is 3.33. The Morgan fingerprint density at radius 1 is 0.878 bits per heavy atom. The number of carbonyl (C=O) groups is 4. The molecule has 1 heterocycles. The minimum atomic E-state index is -1.27. The van der Waals surface area contributed by atoms with Crippen molar-refractivity contribution in [1.82, 2.24) is 20.9 Å². The van der Waals surface area contributed by atoms with Gasteiger partial charge in [0.25, 0.3) is 0 Å². The standard InChI is InChI=1S/C25H39N11O5/c26-16(6-3-9-31-24(27)28)21(38)34-13-20(37)35-18(8-4-10-32-25(29)30)22(39)36-19(23(40)41)11-14-12-33-17-7-2-1-5-15(14)17/h1-2,5,7,12,16,18-19,33H,3-4,6,8-11,13,26H2,(H,34,38)(H,35,37)(H,36,39)(H,40,41)(H4,27,28,31)(H4,29,30,32). The van der Waals surface area contributed by atoms with Gasteiger partial charge >= 0.3 is 5.97 Å². The van der Waals surface area contributed by atoms with E-state index >= 15 is 0 Å². The summed E-state index contributed by atoms with van der Waals surface area (Å²) in [5.41, 5.74) is 28.6. The van der Waals surface area contributed by atoms with E-state index in [0.29, 0.717) is 24.9 Å². The van der Waals surface area contributed by atoms with Gasteiger partial charge in [-0.1, -0.05) is 18.2 Å². The van der Waals surface area contributed by atoms with Crippen molar-refractivity contribution in [3.05, 3.63) is 36.0 Å². The Morgan fingerprint density at radius 2 is 1.51 bits per heavy atom. The van der Waals surface area contributed by atoms with Gasteiger partial charge in [-0.3, -0.25) is 24.4 Å². The Balaban J connectivity index is 2.00. The number of rotatable bonds is 17. The topological polar surface area (TPSA) is 295 Å². The number of carboxylic acids is 1. The molecule has 16 nitrogen and oxygen atoms in total. The summed E-state index contributed by atoms with van der Waals surface area (Å²) in [6.45, 7) is 0.0407. The van der Waals surface area contributed by atoms with Crippen LogP contribution >= 0.6 is 0 Å². The molecule has 16 heteroatoms. The summed E-state index contributed by atoms with van der Waals surface area (Å²) >= 11 is 0. The fraction of sp³-hybridized carbons (Fsp3) is 0.440. The summed E-state index contributed by atoms with van der Waals surface area (Å²) in [5.74, 6) is -3.38. The third-order valence-electron chi connectivity index (χ3n) is 6.04. The van der Waals surface area contributed by atoms with Gasteiger partial charge in [-0.15, -0.1) is 0 Å². The molecule has 0 spiro atoms. The molecule has 1 aromatic carbocycles. The molecule has 0 saturated carbocycles. The fourth-order valence-corrected chi connectivity index (χ4v) is 3.96. The lowest BCUT2D eigenvalue weighted by atomic mass is 10.0. The Kier molecular flexibility index (Phi) is 12.9. The number of aliphatic carboxylic acids is 1. The maximum atomic E-state index is 13.1. The lowest BCUT2D eigenvalue weighted by molar-refractivity contribution is -0.142. The average molecular weight is 574 g/mol. The number of nitrogens with zero attached hydrogens (tertiary/aromatic N) is 2. The van der Waals surface area contributed by atoms with E-state index in [-0.39, 0.29) is 37.7 Å². The molecule has 0 aliphatic heterocycles. The number of carbonyl (C=O) groups excluding carboxylic acids is 3. The number of carboxylic acid groups (broad SMARTS) is 1. The summed E-state index contributed by atoms with van der Waals surface area (Å²) in [5, 5.41) is 18.1. The lowest BCUT2D eigenvalue weighted by Gasteiger charge is -2.22. The van der Waals surface area contributed by atoms with E-state index in [1.54, 1.807) is 6.20 Å². The van der Waals surface area contributed by atoms with E-state index in [1.807, 2.05) is 24.3 Å². The van der Waals surface area contributed by atoms with Crippen molar-refractivity contribution in [2.75, 3.05) is 19.6 Å². The Labute approximate surface area is 236 Å². The molecule has 0 bridgehead atoms. The second kappa shape index (κ2) is 16.3. The number of para-hydroxylation sites is 1. The quantitative estimate of drug-likeness (QED) is 0.0531. The maximum Gasteiger partial charge on any atom is 0.326 e. The van der Waals surface area contributed by atoms with Crippen LogP contribution in [0.1, 0.15) is 31.2 Å². The van der Waals surface area contributed by atoms with Crippen molar-refractivity contribution < 1.29 is 24.3 Å². The van der Waals surface area contributed by atoms with Gasteiger partial charge in [-0.25, -0.2) is 4.79 Å². The van der Waals surface area contributed by atoms with Crippen LogP contribution in [0.4, 0.5) is 0 Å². The number of amides is 3. The highest BCUT2D eigenvalue weighted by atomic mass is 16.4. The summed E-state index contributed by atoms with van der Waals surface area (Å²) in [6, 6.07) is 4.10. The first-order valence-electron chi connectivity index (χ1n) is 13.0. The molecule has 0 radical (unpaired) electrons. The molecule has 41 heavy (non-hydrogen) atoms. The number of H-pyrrole nitrogens is 1. The number of aliphatic imine (C=N–C) groups is 2. The van der Waals surface area contributed by atoms with E-state index in [0.717, 1.165) is 10.9 Å². The van der Waals surface area contributed by atoms with Crippen LogP contribution in [0.2, 0.25) is 0 Å². The minimum absolute atomic E-state index is 0.0108. The summed E-state index contributed by atoms with van der Waals surface area (Å²) in [4.78, 5) is 60.7. The normalized spacial score (nSPS) is 12.9. The van der Waals surface area contributed by atoms with Gasteiger partial charge in [0.1, 0.15) is 12.1 Å². The zero-order valence-electron chi connectivity index (χ0n) is 22.6. The van der Waals surface area contributed by atoms with Crippen molar-refractivity contribution in [1.29, 1.82) is 0 Å². The fourth-order valence-electron chi connectivity index (χ4n) is 3.96. The zero-order chi connectivity index (χ0) is 30.4. The smallest absolute Gasteiger partial charge is 0.326 e. The molecule has 0 aliphatic rings. The number of nitrogens with two attached hydrogens (primary N) is 5. The first-order valence-corrected chi connectivity index (χ1v) is 13.0. The Hall–Kier alpha value is -4.86. The van der Waals surface area contributed by atoms with E-state index in [9.17, 15) is 24.3 Å². The van der Waals surface area contributed by atoms with E-state index in [4.69, 9.17) is 28.7 Å². The van der Waals surface area contributed by atoms with Crippen LogP contribution in [0.3, 0.4) is 0 Å². The van der Waals surface area contributed by atoms with Gasteiger partial charge < -0.3 is 54.7 Å². The van der Waals surface area contributed by atoms with Crippen LogP contribution in [-0.2, 0) is 25.6 Å². The number of hydrogen-bond acceptors (Lipinski definition) is 7. The first-order chi connectivity index (χ1) is 19.5. The highest BCUT2D eigenvalue weighted by Gasteiger charge is 2.27. The minimum Gasteiger partial charge on any atom is -0.480 e. The summed E-state index contributed by atoms with van der Waals surface area (Å²) in [6.07, 6.45) is 2.86. The van der Waals surface area contributed by atoms with E-state index in [1.165, 1.54) is 0 Å². The van der Waals surface area contributed by atoms with Gasteiger partial charge in [-0.2, -0.15) is 0 Å². The van der Waals surface area contributed by atoms with Crippen molar-refractivity contribution in [3.63, 3.8) is 0 Å². The van der Waals surface area contributed by atoms with Crippen LogP contribution < -0.4 is 44.6 Å². The molecule has 224 valence electrons. The highest BCUT2D eigenvalue weighted by Crippen LogP contribution is 2.19. The number of aromatic nitrogens is 1. The second-order valence-corrected chi connectivity index (χ2v) is 9.31. The van der Waals surface area contributed by atoms with Gasteiger partial charge in [0, 0.05) is 36.6 Å². The maximum absolute atomic E-state index is 13.1. The predicted molar refractivity (Wildman–Crippen MR) is 154 cm³/mol. The predicted octanol–water partition coefficient (Wildman–Crippen LogP) is -2.68. The van der Waals surface area contributed by atoms with Crippen LogP contribution in [0.15, 0.2) is 40.4 Å². The third kappa shape index (κ3) is 11.4. The summed E-state index contributed by atoms with van der Waals surface area (Å²) in [7, 11) is 0. The zero-order valence-corrected chi connectivity index (χ0v) is 22.6. The lowest BCUT2D eigenvalue weighted by Crippen LogP contribution is -2.54. The van der Waals surface area contributed by atoms with Crippen molar-refractivity contribution >= 4 is 46.5 Å². The van der Waals surface area contributed by atoms with Crippen LogP contribution in [0.25, 0.3) is 10.9 Å². The molecule has 0 aliphatic carbocycles. The van der Waals surface area contributed by atoms with Crippen molar-refractivity contribution in [2.45, 2.75) is 50.2 Å². The molecular formula is C25H39N11O5. The van der Waals surface area contributed by atoms with Gasteiger partial charge in [-0.05, 0) is 37.3 Å². The Bertz CT molecular complexity index is 1250. The molecule has 2 rings (SSSR count). The van der Waals surface area contributed by atoms with Crippen LogP contribution in [-0.4, -0.2) is 83.5 Å². The van der Waals surface area contributed by atoms with E-state index < -0.39 is 48.4 Å². The molecule has 0 saturated heterocycles. The number of nitrogens with one attached hydrogen (secondary N) is 4. The van der Waals surface area contributed by atoms with Gasteiger partial charge in [0.2, 0.25) is 17.7 Å². The second-order valence-electron chi connectivity index (χ2n) is 9.31. The highest BCUT2D eigenvalue weighted by molar-refractivity contribution is 5.93. The SMILES string of the molecule is NC(N)=NCCCC(N)C(=O)NCC(=O)NC(CCCN=C(N)N)C(=O)NC(Cc1c[nH]c2ccccc12)C(=O)O. The van der Waals surface area contributed by atoms with Gasteiger partial charge in [0.15, 0.2) is 11.9 Å². The molecule has 2 aromatic rings. The molecule has 3 atom stereocenters. The van der Waals surface area contributed by atoms with Crippen LogP contribution in [0, 0.1) is 0 Å². The number of aromatic amines is 1. The molecular weight excluding hydrogens is 534 g/mol. The van der Waals surface area contributed by atoms with Crippen molar-refractivity contribution in [3.8, 4) is 0 Å². The first kappa shape index (κ1) is 32.4. The largest absolute Gasteiger partial charge is 0.480 e. The Morgan fingerprint density at radius 3 is 2.15 bits per heavy atom. The molecule has 3 amide bonds. The molecule has 0 fully saturated rings. The molecule has 3 unspecified atom stereocenters. The number of guanidine groups is 2. The molecule has 15 N–H and O–H groups in total. The number of fused-ring (bicyclic) bond motifs is 1. The number of hydrogen-bond donors (Lipinski definition) is 10. The molecule has 1 aromatic heterocycles. The van der Waals surface area contributed by atoms with E-state index in [2.05, 4.69) is 30.9 Å².